The van der Waals surface area contributed by atoms with E-state index >= 15 is 0 Å². The second-order valence-electron chi connectivity index (χ2n) is 4.96. The summed E-state index contributed by atoms with van der Waals surface area (Å²) in [5.41, 5.74) is 1.31. The van der Waals surface area contributed by atoms with Crippen LogP contribution in [0.1, 0.15) is 10.5 Å². The van der Waals surface area contributed by atoms with Gasteiger partial charge in [-0.15, -0.1) is 11.3 Å². The highest BCUT2D eigenvalue weighted by atomic mass is 32.1. The van der Waals surface area contributed by atoms with E-state index < -0.39 is 0 Å². The SMILES string of the molecule is O=C(Nc1cc(-n2cncn2)ncn1)c1csc(-c2ccccc2)n1. The summed E-state index contributed by atoms with van der Waals surface area (Å²) in [6, 6.07) is 11.3. The summed E-state index contributed by atoms with van der Waals surface area (Å²) in [4.78, 5) is 28.8. The molecule has 25 heavy (non-hydrogen) atoms. The molecular formula is C16H11N7OS. The fraction of sp³-hybridized carbons (Fsp3) is 0. The normalized spacial score (nSPS) is 10.6. The quantitative estimate of drug-likeness (QED) is 0.607. The van der Waals surface area contributed by atoms with E-state index in [4.69, 9.17) is 0 Å². The summed E-state index contributed by atoms with van der Waals surface area (Å²) < 4.78 is 1.48. The van der Waals surface area contributed by atoms with E-state index in [9.17, 15) is 4.79 Å². The van der Waals surface area contributed by atoms with Crippen LogP contribution < -0.4 is 5.32 Å². The number of hydrogen-bond acceptors (Lipinski definition) is 7. The molecule has 0 spiro atoms. The Bertz CT molecular complexity index is 998. The van der Waals surface area contributed by atoms with Crippen LogP contribution in [0.15, 0.2) is 60.8 Å². The Morgan fingerprint density at radius 2 is 2.00 bits per heavy atom. The zero-order chi connectivity index (χ0) is 17.1. The fourth-order valence-corrected chi connectivity index (χ4v) is 2.95. The first kappa shape index (κ1) is 15.1. The van der Waals surface area contributed by atoms with Gasteiger partial charge in [-0.25, -0.2) is 24.6 Å². The minimum absolute atomic E-state index is 0.332. The summed E-state index contributed by atoms with van der Waals surface area (Å²) in [5.74, 6) is 0.535. The molecular weight excluding hydrogens is 338 g/mol. The fourth-order valence-electron chi connectivity index (χ4n) is 2.14. The molecule has 122 valence electrons. The summed E-state index contributed by atoms with van der Waals surface area (Å²) in [5, 5.41) is 9.22. The third-order valence-electron chi connectivity index (χ3n) is 3.31. The van der Waals surface area contributed by atoms with E-state index in [2.05, 4.69) is 30.4 Å². The molecule has 0 aliphatic carbocycles. The lowest BCUT2D eigenvalue weighted by atomic mass is 10.2. The summed E-state index contributed by atoms with van der Waals surface area (Å²) in [7, 11) is 0. The van der Waals surface area contributed by atoms with Gasteiger partial charge in [0.25, 0.3) is 5.91 Å². The summed E-state index contributed by atoms with van der Waals surface area (Å²) in [6.07, 6.45) is 4.27. The van der Waals surface area contributed by atoms with Crippen LogP contribution in [0.2, 0.25) is 0 Å². The van der Waals surface area contributed by atoms with Gasteiger partial charge >= 0.3 is 0 Å². The molecule has 9 heteroatoms. The zero-order valence-electron chi connectivity index (χ0n) is 12.8. The molecule has 0 unspecified atom stereocenters. The molecule has 0 radical (unpaired) electrons. The second kappa shape index (κ2) is 6.57. The Hall–Kier alpha value is -3.46. The highest BCUT2D eigenvalue weighted by Gasteiger charge is 2.13. The Morgan fingerprint density at radius 3 is 2.80 bits per heavy atom. The molecule has 1 amide bonds. The predicted molar refractivity (Wildman–Crippen MR) is 92.5 cm³/mol. The van der Waals surface area contributed by atoms with Crippen LogP contribution in [0.3, 0.4) is 0 Å². The zero-order valence-corrected chi connectivity index (χ0v) is 13.6. The highest BCUT2D eigenvalue weighted by Crippen LogP contribution is 2.23. The standard InChI is InChI=1S/C16H11N7OS/c24-15(12-7-25-16(21-12)11-4-2-1-3-5-11)22-13-6-14(19-9-18-13)23-10-17-8-20-23/h1-10H,(H,18,19,22,24). The van der Waals surface area contributed by atoms with Crippen LogP contribution in [0.25, 0.3) is 16.4 Å². The van der Waals surface area contributed by atoms with Gasteiger partial charge in [0, 0.05) is 17.0 Å². The number of nitrogens with zero attached hydrogens (tertiary/aromatic N) is 6. The lowest BCUT2D eigenvalue weighted by Gasteiger charge is -2.04. The topological polar surface area (TPSA) is 98.5 Å². The van der Waals surface area contributed by atoms with Crippen molar-refractivity contribution >= 4 is 23.1 Å². The van der Waals surface area contributed by atoms with Crippen molar-refractivity contribution in [3.8, 4) is 16.4 Å². The molecule has 4 aromatic rings. The van der Waals surface area contributed by atoms with Crippen molar-refractivity contribution in [1.29, 1.82) is 0 Å². The molecule has 1 N–H and O–H groups in total. The number of thiazole rings is 1. The van der Waals surface area contributed by atoms with Crippen LogP contribution in [0, 0.1) is 0 Å². The van der Waals surface area contributed by atoms with Crippen LogP contribution in [0.4, 0.5) is 5.82 Å². The number of anilines is 1. The molecule has 0 saturated heterocycles. The first-order valence-corrected chi connectivity index (χ1v) is 8.17. The lowest BCUT2D eigenvalue weighted by Crippen LogP contribution is -2.14. The van der Waals surface area contributed by atoms with Gasteiger partial charge in [-0.1, -0.05) is 30.3 Å². The van der Waals surface area contributed by atoms with Crippen molar-refractivity contribution in [2.45, 2.75) is 0 Å². The molecule has 0 aliphatic heterocycles. The highest BCUT2D eigenvalue weighted by molar-refractivity contribution is 7.13. The number of carbonyl (C=O) groups is 1. The first-order chi connectivity index (χ1) is 12.3. The number of hydrogen-bond donors (Lipinski definition) is 1. The van der Waals surface area contributed by atoms with Gasteiger partial charge < -0.3 is 5.32 Å². The molecule has 1 aromatic carbocycles. The van der Waals surface area contributed by atoms with Gasteiger partial charge in [0.2, 0.25) is 0 Å². The number of carbonyl (C=O) groups excluding carboxylic acids is 1. The van der Waals surface area contributed by atoms with E-state index in [1.807, 2.05) is 30.3 Å². The number of nitrogens with one attached hydrogen (secondary N) is 1. The van der Waals surface area contributed by atoms with Crippen LogP contribution >= 0.6 is 11.3 Å². The van der Waals surface area contributed by atoms with E-state index in [0.29, 0.717) is 17.3 Å². The number of aromatic nitrogens is 6. The Balaban J connectivity index is 1.53. The Morgan fingerprint density at radius 1 is 1.12 bits per heavy atom. The van der Waals surface area contributed by atoms with Crippen molar-refractivity contribution in [2.75, 3.05) is 5.32 Å². The lowest BCUT2D eigenvalue weighted by molar-refractivity contribution is 0.102. The molecule has 0 saturated carbocycles. The predicted octanol–water partition coefficient (Wildman–Crippen LogP) is 2.43. The van der Waals surface area contributed by atoms with Gasteiger partial charge in [0.15, 0.2) is 5.82 Å². The Labute approximate surface area is 146 Å². The van der Waals surface area contributed by atoms with E-state index in [1.165, 1.54) is 35.0 Å². The van der Waals surface area contributed by atoms with Gasteiger partial charge in [0.1, 0.15) is 35.5 Å². The number of rotatable bonds is 4. The van der Waals surface area contributed by atoms with Gasteiger partial charge in [-0.2, -0.15) is 5.10 Å². The van der Waals surface area contributed by atoms with E-state index in [-0.39, 0.29) is 5.91 Å². The van der Waals surface area contributed by atoms with Crippen molar-refractivity contribution in [2.24, 2.45) is 0 Å². The van der Waals surface area contributed by atoms with Crippen molar-refractivity contribution in [3.63, 3.8) is 0 Å². The third-order valence-corrected chi connectivity index (χ3v) is 4.20. The average Bonchev–Trinajstić information content (AvgIpc) is 3.35. The summed E-state index contributed by atoms with van der Waals surface area (Å²) in [6.45, 7) is 0. The monoisotopic (exact) mass is 349 g/mol. The largest absolute Gasteiger partial charge is 0.305 e. The number of benzene rings is 1. The summed E-state index contributed by atoms with van der Waals surface area (Å²) >= 11 is 1.42. The smallest absolute Gasteiger partial charge is 0.276 e. The maximum Gasteiger partial charge on any atom is 0.276 e. The minimum atomic E-state index is -0.332. The van der Waals surface area contributed by atoms with Crippen LogP contribution in [-0.4, -0.2) is 35.6 Å². The minimum Gasteiger partial charge on any atom is -0.305 e. The molecule has 0 aliphatic rings. The van der Waals surface area contributed by atoms with Gasteiger partial charge in [-0.3, -0.25) is 4.79 Å². The first-order valence-electron chi connectivity index (χ1n) is 7.29. The van der Waals surface area contributed by atoms with E-state index in [1.54, 1.807) is 11.4 Å². The van der Waals surface area contributed by atoms with Crippen LogP contribution in [0.5, 0.6) is 0 Å². The number of amides is 1. The van der Waals surface area contributed by atoms with Crippen LogP contribution in [-0.2, 0) is 0 Å². The molecule has 0 bridgehead atoms. The maximum absolute atomic E-state index is 12.4. The molecule has 4 rings (SSSR count). The molecule has 8 nitrogen and oxygen atoms in total. The second-order valence-corrected chi connectivity index (χ2v) is 5.82. The maximum atomic E-state index is 12.4. The average molecular weight is 349 g/mol. The van der Waals surface area contributed by atoms with Gasteiger partial charge in [0.05, 0.1) is 0 Å². The van der Waals surface area contributed by atoms with E-state index in [0.717, 1.165) is 10.6 Å². The molecule has 0 fully saturated rings. The molecule has 0 atom stereocenters. The van der Waals surface area contributed by atoms with Crippen molar-refractivity contribution in [3.05, 3.63) is 66.5 Å². The molecule has 3 aromatic heterocycles. The van der Waals surface area contributed by atoms with Crippen molar-refractivity contribution in [1.82, 2.24) is 29.7 Å². The van der Waals surface area contributed by atoms with Gasteiger partial charge in [-0.05, 0) is 0 Å². The third kappa shape index (κ3) is 3.26. The Kier molecular flexibility index (Phi) is 3.97. The van der Waals surface area contributed by atoms with Crippen molar-refractivity contribution < 1.29 is 4.79 Å². The molecule has 3 heterocycles.